The van der Waals surface area contributed by atoms with Crippen molar-refractivity contribution in [2.24, 2.45) is 0 Å². The number of halogens is 1. The molecule has 2 aliphatic heterocycles. The average molecular weight is 373 g/mol. The number of hydrogen-bond acceptors (Lipinski definition) is 4. The third kappa shape index (κ3) is 3.54. The predicted octanol–water partition coefficient (Wildman–Crippen LogP) is 2.98. The first-order chi connectivity index (χ1) is 12.6. The second-order valence-electron chi connectivity index (χ2n) is 7.11. The third-order valence-electron chi connectivity index (χ3n) is 5.35. The Labute approximate surface area is 157 Å². The van der Waals surface area contributed by atoms with Crippen LogP contribution in [0.3, 0.4) is 0 Å². The highest BCUT2D eigenvalue weighted by Crippen LogP contribution is 2.33. The van der Waals surface area contributed by atoms with Gasteiger partial charge in [0.05, 0.1) is 4.88 Å². The summed E-state index contributed by atoms with van der Waals surface area (Å²) in [5.74, 6) is -0.112. The van der Waals surface area contributed by atoms with Gasteiger partial charge in [0.15, 0.2) is 0 Å². The van der Waals surface area contributed by atoms with E-state index >= 15 is 0 Å². The van der Waals surface area contributed by atoms with E-state index in [1.807, 2.05) is 17.9 Å². The molecule has 4 rings (SSSR count). The number of thiophene rings is 1. The van der Waals surface area contributed by atoms with Gasteiger partial charge in [-0.05, 0) is 42.7 Å². The van der Waals surface area contributed by atoms with Crippen LogP contribution < -0.4 is 5.32 Å². The van der Waals surface area contributed by atoms with E-state index in [0.717, 1.165) is 66.6 Å². The molecule has 1 aromatic carbocycles. The van der Waals surface area contributed by atoms with Crippen LogP contribution in [0.4, 0.5) is 4.39 Å². The van der Waals surface area contributed by atoms with Crippen molar-refractivity contribution >= 4 is 17.2 Å². The highest BCUT2D eigenvalue weighted by molar-refractivity contribution is 7.17. The van der Waals surface area contributed by atoms with Gasteiger partial charge in [0.2, 0.25) is 0 Å². The first-order valence-electron chi connectivity index (χ1n) is 9.22. The lowest BCUT2D eigenvalue weighted by Crippen LogP contribution is -2.49. The summed E-state index contributed by atoms with van der Waals surface area (Å²) >= 11 is 1.51. The third-order valence-corrected chi connectivity index (χ3v) is 6.63. The summed E-state index contributed by atoms with van der Waals surface area (Å²) in [5.41, 5.74) is 2.04. The monoisotopic (exact) mass is 373 g/mol. The van der Waals surface area contributed by atoms with E-state index in [9.17, 15) is 9.18 Å². The lowest BCUT2D eigenvalue weighted by Gasteiger charge is -2.32. The zero-order chi connectivity index (χ0) is 18.1. The van der Waals surface area contributed by atoms with Crippen LogP contribution in [-0.2, 0) is 0 Å². The van der Waals surface area contributed by atoms with Crippen molar-refractivity contribution in [3.8, 4) is 10.4 Å². The highest BCUT2D eigenvalue weighted by atomic mass is 32.1. The smallest absolute Gasteiger partial charge is 0.264 e. The summed E-state index contributed by atoms with van der Waals surface area (Å²) in [6.45, 7) is 7.88. The van der Waals surface area contributed by atoms with Crippen molar-refractivity contribution in [3.05, 3.63) is 46.6 Å². The van der Waals surface area contributed by atoms with Crippen molar-refractivity contribution in [1.82, 2.24) is 15.1 Å². The fraction of sp³-hybridized carbons (Fsp3) is 0.450. The van der Waals surface area contributed by atoms with Gasteiger partial charge in [-0.15, -0.1) is 11.3 Å². The Kier molecular flexibility index (Phi) is 5.07. The molecule has 0 spiro atoms. The van der Waals surface area contributed by atoms with Crippen molar-refractivity contribution < 1.29 is 9.18 Å². The maximum atomic E-state index is 13.2. The molecule has 0 aliphatic carbocycles. The molecule has 2 aliphatic rings. The number of carbonyl (C=O) groups is 1. The molecule has 1 unspecified atom stereocenters. The Morgan fingerprint density at radius 1 is 1.19 bits per heavy atom. The molecule has 138 valence electrons. The van der Waals surface area contributed by atoms with Gasteiger partial charge in [0.1, 0.15) is 5.82 Å². The first kappa shape index (κ1) is 17.6. The molecule has 6 heteroatoms. The van der Waals surface area contributed by atoms with Gasteiger partial charge < -0.3 is 10.2 Å². The van der Waals surface area contributed by atoms with Crippen molar-refractivity contribution in [3.63, 3.8) is 0 Å². The molecule has 2 aromatic rings. The molecule has 2 fully saturated rings. The predicted molar refractivity (Wildman–Crippen MR) is 103 cm³/mol. The van der Waals surface area contributed by atoms with E-state index in [0.29, 0.717) is 6.04 Å². The quantitative estimate of drug-likeness (QED) is 0.898. The van der Waals surface area contributed by atoms with Crippen LogP contribution in [0.2, 0.25) is 0 Å². The molecule has 0 saturated carbocycles. The largest absolute Gasteiger partial charge is 0.336 e. The fourth-order valence-electron chi connectivity index (χ4n) is 3.90. The summed E-state index contributed by atoms with van der Waals surface area (Å²) < 4.78 is 13.2. The Morgan fingerprint density at radius 3 is 2.65 bits per heavy atom. The van der Waals surface area contributed by atoms with Crippen LogP contribution in [0.5, 0.6) is 0 Å². The number of rotatable bonds is 3. The van der Waals surface area contributed by atoms with E-state index in [1.165, 1.54) is 23.5 Å². The average Bonchev–Trinajstić information content (AvgIpc) is 3.30. The zero-order valence-corrected chi connectivity index (χ0v) is 15.8. The number of piperazine rings is 1. The van der Waals surface area contributed by atoms with E-state index in [-0.39, 0.29) is 11.7 Å². The highest BCUT2D eigenvalue weighted by Gasteiger charge is 2.32. The number of likely N-dealkylation sites (tertiary alicyclic amines) is 1. The van der Waals surface area contributed by atoms with E-state index in [2.05, 4.69) is 10.2 Å². The van der Waals surface area contributed by atoms with Gasteiger partial charge in [0, 0.05) is 50.2 Å². The second kappa shape index (κ2) is 7.47. The standard InChI is InChI=1S/C20H24FN3OS/c1-14-12-18(26-19(14)15-2-4-16(21)5-3-15)20(25)24-9-6-17(13-24)23-10-7-22-8-11-23/h2-5,12,17,22H,6-11,13H2,1H3. The second-order valence-corrected chi connectivity index (χ2v) is 8.16. The van der Waals surface area contributed by atoms with Gasteiger partial charge in [-0.1, -0.05) is 12.1 Å². The van der Waals surface area contributed by atoms with Gasteiger partial charge in [0.25, 0.3) is 5.91 Å². The molecule has 1 N–H and O–H groups in total. The minimum atomic E-state index is -0.240. The number of aryl methyl sites for hydroxylation is 1. The molecule has 1 aromatic heterocycles. The number of nitrogens with zero attached hydrogens (tertiary/aromatic N) is 2. The topological polar surface area (TPSA) is 35.6 Å². The minimum Gasteiger partial charge on any atom is -0.336 e. The van der Waals surface area contributed by atoms with E-state index in [1.54, 1.807) is 12.1 Å². The summed E-state index contributed by atoms with van der Waals surface area (Å²) in [7, 11) is 0. The zero-order valence-electron chi connectivity index (χ0n) is 15.0. The van der Waals surface area contributed by atoms with Crippen LogP contribution in [0, 0.1) is 12.7 Å². The molecule has 3 heterocycles. The summed E-state index contributed by atoms with van der Waals surface area (Å²) in [6, 6.07) is 8.95. The van der Waals surface area contributed by atoms with Crippen LogP contribution in [0.15, 0.2) is 30.3 Å². The summed E-state index contributed by atoms with van der Waals surface area (Å²) in [5, 5.41) is 3.38. The molecule has 26 heavy (non-hydrogen) atoms. The maximum Gasteiger partial charge on any atom is 0.264 e. The van der Waals surface area contributed by atoms with Crippen LogP contribution >= 0.6 is 11.3 Å². The van der Waals surface area contributed by atoms with Crippen LogP contribution in [0.25, 0.3) is 10.4 Å². The Morgan fingerprint density at radius 2 is 1.92 bits per heavy atom. The molecular weight excluding hydrogens is 349 g/mol. The molecule has 4 nitrogen and oxygen atoms in total. The molecule has 0 bridgehead atoms. The Balaban J connectivity index is 1.47. The van der Waals surface area contributed by atoms with Crippen LogP contribution in [0.1, 0.15) is 21.7 Å². The number of nitrogens with one attached hydrogen (secondary N) is 1. The van der Waals surface area contributed by atoms with Crippen molar-refractivity contribution in [2.45, 2.75) is 19.4 Å². The van der Waals surface area contributed by atoms with Gasteiger partial charge in [-0.2, -0.15) is 0 Å². The Hall–Kier alpha value is -1.76. The SMILES string of the molecule is Cc1cc(C(=O)N2CCC(N3CCNCC3)C2)sc1-c1ccc(F)cc1. The maximum absolute atomic E-state index is 13.2. The fourth-order valence-corrected chi connectivity index (χ4v) is 5.05. The lowest BCUT2D eigenvalue weighted by atomic mass is 10.1. The Bertz CT molecular complexity index is 783. The van der Waals surface area contributed by atoms with Gasteiger partial charge in [-0.3, -0.25) is 9.69 Å². The number of benzene rings is 1. The number of carbonyl (C=O) groups excluding carboxylic acids is 1. The first-order valence-corrected chi connectivity index (χ1v) is 10.0. The summed E-state index contributed by atoms with van der Waals surface area (Å²) in [6.07, 6.45) is 1.06. The molecule has 1 atom stereocenters. The van der Waals surface area contributed by atoms with Gasteiger partial charge in [-0.25, -0.2) is 4.39 Å². The lowest BCUT2D eigenvalue weighted by molar-refractivity contribution is 0.0778. The van der Waals surface area contributed by atoms with Crippen molar-refractivity contribution in [1.29, 1.82) is 0 Å². The molecule has 2 saturated heterocycles. The van der Waals surface area contributed by atoms with E-state index < -0.39 is 0 Å². The molecule has 0 radical (unpaired) electrons. The number of hydrogen-bond donors (Lipinski definition) is 1. The van der Waals surface area contributed by atoms with Gasteiger partial charge >= 0.3 is 0 Å². The molecule has 1 amide bonds. The molecular formula is C20H24FN3OS. The normalized spacial score (nSPS) is 21.3. The summed E-state index contributed by atoms with van der Waals surface area (Å²) in [4.78, 5) is 19.3. The minimum absolute atomic E-state index is 0.129. The van der Waals surface area contributed by atoms with Crippen molar-refractivity contribution in [2.75, 3.05) is 39.3 Å². The number of amides is 1. The van der Waals surface area contributed by atoms with E-state index in [4.69, 9.17) is 0 Å². The van der Waals surface area contributed by atoms with Crippen LogP contribution in [-0.4, -0.2) is 61.0 Å².